The first-order valence-electron chi connectivity index (χ1n) is 13.4. The molecule has 0 saturated heterocycles. The Hall–Kier alpha value is -1.04. The second-order valence-corrected chi connectivity index (χ2v) is 10.00. The summed E-state index contributed by atoms with van der Waals surface area (Å²) in [5, 5.41) is 0. The minimum absolute atomic E-state index is 0. The van der Waals surface area contributed by atoms with Gasteiger partial charge in [-0.1, -0.05) is 87.4 Å². The van der Waals surface area contributed by atoms with Gasteiger partial charge in [-0.3, -0.25) is 0 Å². The van der Waals surface area contributed by atoms with Crippen LogP contribution in [0.15, 0.2) is 24.8 Å². The largest absolute Gasteiger partial charge is 0.103 e. The van der Waals surface area contributed by atoms with E-state index in [9.17, 15) is 0 Å². The molecule has 0 aromatic heterocycles. The van der Waals surface area contributed by atoms with Crippen LogP contribution in [0.3, 0.4) is 0 Å². The smallest absolute Gasteiger partial charge is 0.0236 e. The Bertz CT molecular complexity index is 609. The Balaban J connectivity index is 0. The second kappa shape index (κ2) is 18.3. The average molecular weight is 459 g/mol. The van der Waals surface area contributed by atoms with Crippen molar-refractivity contribution < 1.29 is 0 Å². The highest BCUT2D eigenvalue weighted by Crippen LogP contribution is 2.39. The summed E-state index contributed by atoms with van der Waals surface area (Å²) >= 11 is 0. The van der Waals surface area contributed by atoms with E-state index < -0.39 is 0 Å². The van der Waals surface area contributed by atoms with Gasteiger partial charge in [0.2, 0.25) is 0 Å². The molecule has 1 aromatic rings. The Morgan fingerprint density at radius 3 is 1.82 bits per heavy atom. The van der Waals surface area contributed by atoms with Gasteiger partial charge >= 0.3 is 0 Å². The number of allylic oxidation sites excluding steroid dienone is 1. The van der Waals surface area contributed by atoms with Crippen molar-refractivity contribution in [2.45, 2.75) is 140 Å². The molecule has 0 heterocycles. The van der Waals surface area contributed by atoms with Crippen molar-refractivity contribution in [2.24, 2.45) is 23.7 Å². The Morgan fingerprint density at radius 2 is 1.33 bits per heavy atom. The fourth-order valence-electron chi connectivity index (χ4n) is 6.22. The van der Waals surface area contributed by atoms with E-state index in [-0.39, 0.29) is 22.3 Å². The van der Waals surface area contributed by atoms with E-state index >= 15 is 0 Å². The van der Waals surface area contributed by atoms with E-state index in [0.29, 0.717) is 0 Å². The third-order valence-electron chi connectivity index (χ3n) is 7.88. The highest BCUT2D eigenvalue weighted by Gasteiger charge is 2.26. The highest BCUT2D eigenvalue weighted by atomic mass is 14.3. The van der Waals surface area contributed by atoms with E-state index in [4.69, 9.17) is 0 Å². The molecule has 2 saturated carbocycles. The summed E-state index contributed by atoms with van der Waals surface area (Å²) < 4.78 is 0. The van der Waals surface area contributed by atoms with Crippen LogP contribution in [-0.4, -0.2) is 0 Å². The molecule has 0 unspecified atom stereocenters. The third kappa shape index (κ3) is 10.4. The number of hydrogen-bond donors (Lipinski definition) is 0. The van der Waals surface area contributed by atoms with Crippen LogP contribution in [0.1, 0.15) is 136 Å². The maximum atomic E-state index is 4.00. The van der Waals surface area contributed by atoms with Gasteiger partial charge in [-0.15, -0.1) is 6.58 Å². The summed E-state index contributed by atoms with van der Waals surface area (Å²) in [6, 6.07) is 5.06. The summed E-state index contributed by atoms with van der Waals surface area (Å²) in [6.45, 7) is 15.0. The molecular weight excluding hydrogens is 396 g/mol. The van der Waals surface area contributed by atoms with E-state index in [0.717, 1.165) is 23.7 Å². The molecule has 0 nitrogen and oxygen atoms in total. The van der Waals surface area contributed by atoms with Gasteiger partial charge in [-0.25, -0.2) is 0 Å². The number of hydrogen-bond acceptors (Lipinski definition) is 0. The van der Waals surface area contributed by atoms with Crippen LogP contribution in [0.2, 0.25) is 0 Å². The van der Waals surface area contributed by atoms with Crippen LogP contribution in [0.4, 0.5) is 0 Å². The lowest BCUT2D eigenvalue weighted by atomic mass is 9.72. The minimum atomic E-state index is 0. The van der Waals surface area contributed by atoms with Crippen LogP contribution in [-0.2, 0) is 19.3 Å². The monoisotopic (exact) mass is 458 g/mol. The summed E-state index contributed by atoms with van der Waals surface area (Å²) in [5.41, 5.74) is 6.39. The molecule has 0 amide bonds. The predicted octanol–water partition coefficient (Wildman–Crippen LogP) is 11.2. The molecule has 0 atom stereocenters. The number of benzene rings is 1. The SMILES string of the molecule is C.C.C.C=CC1CCC(CC2CCC(Cc3cc(C)c(CC)c(CCC)c3)CC2)CC1.CC. The molecule has 0 aliphatic heterocycles. The van der Waals surface area contributed by atoms with E-state index in [1.165, 1.54) is 89.0 Å². The van der Waals surface area contributed by atoms with Gasteiger partial charge in [0.05, 0.1) is 0 Å². The molecule has 2 fully saturated rings. The van der Waals surface area contributed by atoms with Crippen LogP contribution >= 0.6 is 0 Å². The van der Waals surface area contributed by atoms with E-state index in [1.807, 2.05) is 13.8 Å². The van der Waals surface area contributed by atoms with Crippen LogP contribution in [0.25, 0.3) is 0 Å². The summed E-state index contributed by atoms with van der Waals surface area (Å²) in [6.07, 6.45) is 20.3. The lowest BCUT2D eigenvalue weighted by molar-refractivity contribution is 0.201. The van der Waals surface area contributed by atoms with Gasteiger partial charge in [0.15, 0.2) is 0 Å². The van der Waals surface area contributed by atoms with Crippen molar-refractivity contribution in [3.05, 3.63) is 47.0 Å². The first kappa shape index (κ1) is 34.1. The van der Waals surface area contributed by atoms with Gasteiger partial charge in [-0.05, 0) is 117 Å². The Labute approximate surface area is 211 Å². The van der Waals surface area contributed by atoms with E-state index in [1.54, 1.807) is 16.7 Å². The molecule has 2 aliphatic carbocycles. The average Bonchev–Trinajstić information content (AvgIpc) is 2.77. The predicted molar refractivity (Wildman–Crippen MR) is 156 cm³/mol. The van der Waals surface area contributed by atoms with Gasteiger partial charge in [0.25, 0.3) is 0 Å². The summed E-state index contributed by atoms with van der Waals surface area (Å²) in [7, 11) is 0. The van der Waals surface area contributed by atoms with Crippen molar-refractivity contribution in [2.75, 3.05) is 0 Å². The first-order chi connectivity index (χ1) is 14.6. The molecule has 3 rings (SSSR count). The van der Waals surface area contributed by atoms with Crippen molar-refractivity contribution in [1.82, 2.24) is 0 Å². The summed E-state index contributed by atoms with van der Waals surface area (Å²) in [4.78, 5) is 0. The molecule has 1 aromatic carbocycles. The number of aryl methyl sites for hydroxylation is 2. The Morgan fingerprint density at radius 1 is 0.818 bits per heavy atom. The zero-order valence-corrected chi connectivity index (χ0v) is 20.9. The van der Waals surface area contributed by atoms with Crippen molar-refractivity contribution in [3.63, 3.8) is 0 Å². The zero-order chi connectivity index (χ0) is 21.9. The van der Waals surface area contributed by atoms with Crippen LogP contribution in [0.5, 0.6) is 0 Å². The highest BCUT2D eigenvalue weighted by molar-refractivity contribution is 5.39. The van der Waals surface area contributed by atoms with Crippen molar-refractivity contribution >= 4 is 0 Å². The first-order valence-corrected chi connectivity index (χ1v) is 13.4. The fraction of sp³-hybridized carbons (Fsp3) is 0.758. The molecule has 0 bridgehead atoms. The van der Waals surface area contributed by atoms with Crippen LogP contribution < -0.4 is 0 Å². The third-order valence-corrected chi connectivity index (χ3v) is 7.88. The maximum absolute atomic E-state index is 4.00. The standard InChI is InChI=1S/C28H44.C2H6.3CH4/c1-5-8-27-20-26(17-21(4)28(27)7-3)19-25-15-13-24(14-16-25)18-23-11-9-22(6-2)10-12-23;1-2;;;/h6,17,20,22-25H,2,5,7-16,18-19H2,1,3-4H3;1-2H3;3*1H4. The molecule has 0 N–H and O–H groups in total. The molecular formula is C33H62. The van der Waals surface area contributed by atoms with Crippen molar-refractivity contribution in [1.29, 1.82) is 0 Å². The van der Waals surface area contributed by atoms with Gasteiger partial charge in [-0.2, -0.15) is 0 Å². The zero-order valence-electron chi connectivity index (χ0n) is 20.9. The van der Waals surface area contributed by atoms with Crippen LogP contribution in [0, 0.1) is 30.6 Å². The van der Waals surface area contributed by atoms with Gasteiger partial charge < -0.3 is 0 Å². The molecule has 194 valence electrons. The lowest BCUT2D eigenvalue weighted by Crippen LogP contribution is -2.21. The normalized spacial score (nSPS) is 24.2. The molecule has 0 heteroatoms. The van der Waals surface area contributed by atoms with Gasteiger partial charge in [0, 0.05) is 0 Å². The number of rotatable bonds is 8. The summed E-state index contributed by atoms with van der Waals surface area (Å²) in [5.74, 6) is 3.77. The van der Waals surface area contributed by atoms with Gasteiger partial charge in [0.1, 0.15) is 0 Å². The molecule has 0 radical (unpaired) electrons. The second-order valence-electron chi connectivity index (χ2n) is 10.00. The minimum Gasteiger partial charge on any atom is -0.103 e. The quantitative estimate of drug-likeness (QED) is 0.340. The molecule has 33 heavy (non-hydrogen) atoms. The molecule has 0 spiro atoms. The fourth-order valence-corrected chi connectivity index (χ4v) is 6.22. The molecule has 2 aliphatic rings. The maximum Gasteiger partial charge on any atom is -0.0236 e. The van der Waals surface area contributed by atoms with Crippen molar-refractivity contribution in [3.8, 4) is 0 Å². The topological polar surface area (TPSA) is 0 Å². The van der Waals surface area contributed by atoms with E-state index in [2.05, 4.69) is 45.6 Å². The Kier molecular flexibility index (Phi) is 18.9. The lowest BCUT2D eigenvalue weighted by Gasteiger charge is -2.33.